The molecule has 0 radical (unpaired) electrons. The largest absolute Gasteiger partial charge is 0.618 e. The highest BCUT2D eigenvalue weighted by Gasteiger charge is 2.22. The van der Waals surface area contributed by atoms with E-state index >= 15 is 0 Å². The van der Waals surface area contributed by atoms with Crippen LogP contribution in [0.15, 0.2) is 53.5 Å². The van der Waals surface area contributed by atoms with Crippen LogP contribution in [0.3, 0.4) is 0 Å². The molecule has 26 heavy (non-hydrogen) atoms. The van der Waals surface area contributed by atoms with Gasteiger partial charge in [-0.05, 0) is 31.3 Å². The van der Waals surface area contributed by atoms with Crippen molar-refractivity contribution in [3.63, 3.8) is 0 Å². The fraction of sp³-hybridized carbons (Fsp3) is 0.316. The summed E-state index contributed by atoms with van der Waals surface area (Å²) in [7, 11) is 0. The van der Waals surface area contributed by atoms with Crippen molar-refractivity contribution in [3.05, 3.63) is 64.2 Å². The van der Waals surface area contributed by atoms with Crippen LogP contribution >= 0.6 is 12.4 Å². The van der Waals surface area contributed by atoms with Crippen molar-refractivity contribution in [1.82, 2.24) is 14.5 Å². The molecule has 0 saturated carbocycles. The second-order valence-electron chi connectivity index (χ2n) is 5.84. The molecule has 0 atom stereocenters. The van der Waals surface area contributed by atoms with Crippen LogP contribution < -0.4 is 10.3 Å². The van der Waals surface area contributed by atoms with E-state index in [2.05, 4.69) is 23.7 Å². The minimum Gasteiger partial charge on any atom is -0.618 e. The minimum absolute atomic E-state index is 0. The smallest absolute Gasteiger partial charge is 0.326 e. The topological polar surface area (TPSA) is 65.1 Å². The number of rotatable bonds is 6. The molecule has 0 spiro atoms. The van der Waals surface area contributed by atoms with E-state index in [0.29, 0.717) is 28.0 Å². The summed E-state index contributed by atoms with van der Waals surface area (Å²) in [5.74, 6) is 0. The van der Waals surface area contributed by atoms with Crippen LogP contribution in [0.25, 0.3) is 22.4 Å². The van der Waals surface area contributed by atoms with Gasteiger partial charge >= 0.3 is 5.56 Å². The fourth-order valence-corrected chi connectivity index (χ4v) is 3.01. The first kappa shape index (κ1) is 19.9. The monoisotopic (exact) mass is 374 g/mol. The van der Waals surface area contributed by atoms with E-state index in [9.17, 15) is 10.0 Å². The second-order valence-corrected chi connectivity index (χ2v) is 5.84. The molecule has 3 rings (SSSR count). The summed E-state index contributed by atoms with van der Waals surface area (Å²) in [5, 5.41) is 12.8. The summed E-state index contributed by atoms with van der Waals surface area (Å²) >= 11 is 0. The van der Waals surface area contributed by atoms with Gasteiger partial charge in [-0.25, -0.2) is 4.98 Å². The Labute approximate surface area is 158 Å². The van der Waals surface area contributed by atoms with Gasteiger partial charge in [0.05, 0.1) is 5.56 Å². The van der Waals surface area contributed by atoms with Gasteiger partial charge in [0.1, 0.15) is 0 Å². The third-order valence-corrected chi connectivity index (χ3v) is 4.47. The molecule has 0 aliphatic rings. The van der Waals surface area contributed by atoms with Gasteiger partial charge in [0.25, 0.3) is 11.2 Å². The molecule has 0 amide bonds. The molecule has 0 saturated heterocycles. The summed E-state index contributed by atoms with van der Waals surface area (Å²) in [4.78, 5) is 19.6. The number of hydrogen-bond acceptors (Lipinski definition) is 4. The van der Waals surface area contributed by atoms with E-state index < -0.39 is 0 Å². The minimum atomic E-state index is -0.306. The van der Waals surface area contributed by atoms with Crippen LogP contribution in [-0.2, 0) is 6.54 Å². The van der Waals surface area contributed by atoms with Crippen LogP contribution in [0, 0.1) is 5.21 Å². The molecule has 0 N–H and O–H groups in total. The van der Waals surface area contributed by atoms with Crippen LogP contribution in [0.1, 0.15) is 13.8 Å². The summed E-state index contributed by atoms with van der Waals surface area (Å²) < 4.78 is 2.32. The summed E-state index contributed by atoms with van der Waals surface area (Å²) in [5.41, 5.74) is 1.28. The number of fused-ring (bicyclic) bond motifs is 1. The molecule has 3 aromatic rings. The van der Waals surface area contributed by atoms with E-state index in [0.717, 1.165) is 19.6 Å². The second kappa shape index (κ2) is 8.78. The van der Waals surface area contributed by atoms with E-state index in [1.165, 1.54) is 0 Å². The third kappa shape index (κ3) is 3.71. The fourth-order valence-electron chi connectivity index (χ4n) is 3.01. The number of nitrogens with zero attached hydrogens (tertiary/aromatic N) is 4. The van der Waals surface area contributed by atoms with E-state index in [1.54, 1.807) is 35.0 Å². The molecule has 1 aromatic carbocycles. The Bertz CT molecular complexity index is 924. The maximum absolute atomic E-state index is 13.1. The zero-order valence-corrected chi connectivity index (χ0v) is 15.8. The molecular formula is C19H23ClN4O2. The lowest BCUT2D eigenvalue weighted by molar-refractivity contribution is -0.566. The lowest BCUT2D eigenvalue weighted by atomic mass is 10.1. The van der Waals surface area contributed by atoms with Crippen molar-refractivity contribution in [2.24, 2.45) is 0 Å². The van der Waals surface area contributed by atoms with E-state index in [-0.39, 0.29) is 23.7 Å². The molecule has 0 fully saturated rings. The SMILES string of the molecule is CCN(CC)CCn1c(=O)c(-c2ccccc2)[n+]([O-])c2cccnc21.Cl. The van der Waals surface area contributed by atoms with Gasteiger partial charge in [0, 0.05) is 25.4 Å². The summed E-state index contributed by atoms with van der Waals surface area (Å²) in [6.07, 6.45) is 1.61. The Balaban J connectivity index is 0.00000243. The predicted molar refractivity (Wildman–Crippen MR) is 105 cm³/mol. The third-order valence-electron chi connectivity index (χ3n) is 4.47. The number of halogens is 1. The first-order chi connectivity index (χ1) is 12.2. The van der Waals surface area contributed by atoms with Crippen molar-refractivity contribution in [3.8, 4) is 11.3 Å². The van der Waals surface area contributed by atoms with Gasteiger partial charge in [0.15, 0.2) is 0 Å². The molecule has 0 unspecified atom stereocenters. The molecular weight excluding hydrogens is 352 g/mol. The number of likely N-dealkylation sites (N-methyl/N-ethyl adjacent to an activating group) is 1. The first-order valence-corrected chi connectivity index (χ1v) is 8.56. The maximum atomic E-state index is 13.1. The molecule has 0 aliphatic carbocycles. The summed E-state index contributed by atoms with van der Waals surface area (Å²) in [6, 6.07) is 12.5. The highest BCUT2D eigenvalue weighted by molar-refractivity contribution is 5.85. The van der Waals surface area contributed by atoms with Crippen molar-refractivity contribution in [1.29, 1.82) is 0 Å². The molecule has 2 aromatic heterocycles. The highest BCUT2D eigenvalue weighted by Crippen LogP contribution is 2.14. The van der Waals surface area contributed by atoms with Gasteiger partial charge in [-0.15, -0.1) is 12.4 Å². The number of aromatic nitrogens is 3. The van der Waals surface area contributed by atoms with Crippen LogP contribution in [-0.4, -0.2) is 34.1 Å². The highest BCUT2D eigenvalue weighted by atomic mass is 35.5. The number of hydrogen-bond donors (Lipinski definition) is 0. The Kier molecular flexibility index (Phi) is 6.71. The summed E-state index contributed by atoms with van der Waals surface area (Å²) in [6.45, 7) is 7.24. The molecule has 6 nitrogen and oxygen atoms in total. The van der Waals surface area contributed by atoms with Crippen LogP contribution in [0.4, 0.5) is 0 Å². The van der Waals surface area contributed by atoms with Crippen molar-refractivity contribution < 1.29 is 4.73 Å². The zero-order valence-electron chi connectivity index (χ0n) is 15.0. The Morgan fingerprint density at radius 3 is 2.46 bits per heavy atom. The van der Waals surface area contributed by atoms with Crippen molar-refractivity contribution >= 4 is 23.6 Å². The van der Waals surface area contributed by atoms with E-state index in [4.69, 9.17) is 0 Å². The van der Waals surface area contributed by atoms with Crippen molar-refractivity contribution in [2.45, 2.75) is 20.4 Å². The molecule has 0 bridgehead atoms. The Morgan fingerprint density at radius 2 is 1.81 bits per heavy atom. The van der Waals surface area contributed by atoms with Gasteiger partial charge in [-0.1, -0.05) is 32.0 Å². The van der Waals surface area contributed by atoms with Gasteiger partial charge < -0.3 is 10.1 Å². The normalized spacial score (nSPS) is 10.9. The molecule has 7 heteroatoms. The van der Waals surface area contributed by atoms with Crippen LogP contribution in [0.5, 0.6) is 0 Å². The van der Waals surface area contributed by atoms with Gasteiger partial charge in [0.2, 0.25) is 5.65 Å². The lowest BCUT2D eigenvalue weighted by Crippen LogP contribution is -2.42. The average molecular weight is 375 g/mol. The van der Waals surface area contributed by atoms with Crippen LogP contribution in [0.2, 0.25) is 0 Å². The molecule has 0 aliphatic heterocycles. The first-order valence-electron chi connectivity index (χ1n) is 8.56. The molecule has 138 valence electrons. The Morgan fingerprint density at radius 1 is 1.12 bits per heavy atom. The van der Waals surface area contributed by atoms with Gasteiger partial charge in [-0.2, -0.15) is 4.73 Å². The maximum Gasteiger partial charge on any atom is 0.326 e. The predicted octanol–water partition coefficient (Wildman–Crippen LogP) is 2.46. The quantitative estimate of drug-likeness (QED) is 0.491. The standard InChI is InChI=1S/C19H22N4O2.ClH/c1-3-21(4-2)13-14-22-18-16(11-8-12-20-18)23(25)17(19(22)24)15-9-6-5-7-10-15;/h5-12H,3-4,13-14H2,1-2H3;1H. The average Bonchev–Trinajstić information content (AvgIpc) is 2.66. The lowest BCUT2D eigenvalue weighted by Gasteiger charge is -2.19. The molecule has 2 heterocycles. The van der Waals surface area contributed by atoms with Gasteiger partial charge in [-0.3, -0.25) is 9.36 Å². The Hall–Kier alpha value is -2.44. The zero-order chi connectivity index (χ0) is 17.8. The van der Waals surface area contributed by atoms with Crippen molar-refractivity contribution in [2.75, 3.05) is 19.6 Å². The number of benzene rings is 1. The number of pyridine rings is 1. The van der Waals surface area contributed by atoms with E-state index in [1.807, 2.05) is 18.2 Å².